The fraction of sp³-hybridized carbons (Fsp3) is 0.263. The van der Waals surface area contributed by atoms with E-state index < -0.39 is 21.6 Å². The molecule has 0 spiro atoms. The van der Waals surface area contributed by atoms with Crippen molar-refractivity contribution in [3.8, 4) is 0 Å². The van der Waals surface area contributed by atoms with Crippen LogP contribution >= 0.6 is 11.3 Å². The Balaban J connectivity index is 1.86. The Morgan fingerprint density at radius 3 is 2.63 bits per heavy atom. The maximum atomic E-state index is 13.6. The van der Waals surface area contributed by atoms with E-state index in [0.717, 1.165) is 11.3 Å². The smallest absolute Gasteiger partial charge is 0.255 e. The molecule has 0 fully saturated rings. The second-order valence-corrected chi connectivity index (χ2v) is 9.99. The van der Waals surface area contributed by atoms with E-state index in [0.29, 0.717) is 21.5 Å². The Hall–Kier alpha value is -2.32. The van der Waals surface area contributed by atoms with Crippen LogP contribution in [0.25, 0.3) is 10.2 Å². The third-order valence-corrected chi connectivity index (χ3v) is 7.43. The van der Waals surface area contributed by atoms with Crippen LogP contribution in [0.15, 0.2) is 40.7 Å². The number of sulfone groups is 1. The van der Waals surface area contributed by atoms with Gasteiger partial charge < -0.3 is 5.32 Å². The Labute approximate surface area is 161 Å². The Morgan fingerprint density at radius 1 is 1.22 bits per heavy atom. The molecule has 0 aliphatic heterocycles. The van der Waals surface area contributed by atoms with E-state index in [1.54, 1.807) is 37.3 Å². The largest absolute Gasteiger partial charge is 0.322 e. The van der Waals surface area contributed by atoms with Crippen molar-refractivity contribution < 1.29 is 17.6 Å². The van der Waals surface area contributed by atoms with Gasteiger partial charge in [0.2, 0.25) is 14.2 Å². The number of fused-ring (bicyclic) bond motifs is 1. The molecule has 0 aliphatic rings. The normalized spacial score (nSPS) is 11.9. The lowest BCUT2D eigenvalue weighted by atomic mass is 10.1. The van der Waals surface area contributed by atoms with E-state index in [4.69, 9.17) is 0 Å². The first-order valence-electron chi connectivity index (χ1n) is 8.36. The molecule has 142 valence electrons. The molecule has 5 nitrogen and oxygen atoms in total. The number of amides is 1. The lowest BCUT2D eigenvalue weighted by Crippen LogP contribution is -2.12. The highest BCUT2D eigenvalue weighted by Crippen LogP contribution is 2.29. The third-order valence-electron chi connectivity index (χ3n) is 3.88. The molecule has 0 radical (unpaired) electrons. The molecular weight excluding hydrogens is 387 g/mol. The van der Waals surface area contributed by atoms with Crippen molar-refractivity contribution in [2.45, 2.75) is 25.1 Å². The summed E-state index contributed by atoms with van der Waals surface area (Å²) < 4.78 is 39.1. The maximum absolute atomic E-state index is 13.6. The minimum absolute atomic E-state index is 0.00626. The summed E-state index contributed by atoms with van der Waals surface area (Å²) in [5, 5.41) is 2.70. The Kier molecular flexibility index (Phi) is 5.30. The van der Waals surface area contributed by atoms with Crippen molar-refractivity contribution in [1.29, 1.82) is 0 Å². The zero-order valence-corrected chi connectivity index (χ0v) is 16.7. The van der Waals surface area contributed by atoms with Crippen LogP contribution in [0.2, 0.25) is 0 Å². The standard InChI is InChI=1S/C19H19FN2O3S2/c1-11(2)10-27(24,25)19-22-16-7-6-14(9-17(16)26-19)21-18(23)13-5-4-12(3)15(20)8-13/h4-9,11H,10H2,1-3H3,(H,21,23). The van der Waals surface area contributed by atoms with Crippen LogP contribution in [0.3, 0.4) is 0 Å². The highest BCUT2D eigenvalue weighted by atomic mass is 32.2. The summed E-state index contributed by atoms with van der Waals surface area (Å²) in [6.07, 6.45) is 0. The van der Waals surface area contributed by atoms with Gasteiger partial charge in [0.25, 0.3) is 5.91 Å². The molecule has 3 aromatic rings. The van der Waals surface area contributed by atoms with Crippen molar-refractivity contribution in [3.63, 3.8) is 0 Å². The highest BCUT2D eigenvalue weighted by Gasteiger charge is 2.21. The number of thiazole rings is 1. The van der Waals surface area contributed by atoms with E-state index in [1.807, 2.05) is 13.8 Å². The summed E-state index contributed by atoms with van der Waals surface area (Å²) in [4.78, 5) is 16.5. The first kappa shape index (κ1) is 19.4. The number of hydrogen-bond donors (Lipinski definition) is 1. The molecule has 8 heteroatoms. The lowest BCUT2D eigenvalue weighted by molar-refractivity contribution is 0.102. The number of benzene rings is 2. The van der Waals surface area contributed by atoms with Crippen LogP contribution in [0.5, 0.6) is 0 Å². The molecule has 0 saturated carbocycles. The fourth-order valence-corrected chi connectivity index (χ4v) is 5.54. The van der Waals surface area contributed by atoms with Gasteiger partial charge in [0.05, 0.1) is 16.0 Å². The zero-order valence-electron chi connectivity index (χ0n) is 15.1. The number of nitrogens with one attached hydrogen (secondary N) is 1. The predicted octanol–water partition coefficient (Wildman–Crippen LogP) is 4.43. The van der Waals surface area contributed by atoms with Gasteiger partial charge in [-0.1, -0.05) is 19.9 Å². The lowest BCUT2D eigenvalue weighted by Gasteiger charge is -2.06. The molecule has 3 rings (SSSR count). The number of carbonyl (C=O) groups is 1. The number of carbonyl (C=O) groups excluding carboxylic acids is 1. The number of halogens is 1. The van der Waals surface area contributed by atoms with Gasteiger partial charge in [0.1, 0.15) is 5.82 Å². The van der Waals surface area contributed by atoms with Crippen LogP contribution in [-0.2, 0) is 9.84 Å². The number of hydrogen-bond acceptors (Lipinski definition) is 5. The monoisotopic (exact) mass is 406 g/mol. The maximum Gasteiger partial charge on any atom is 0.255 e. The van der Waals surface area contributed by atoms with Crippen molar-refractivity contribution in [2.24, 2.45) is 5.92 Å². The third kappa shape index (κ3) is 4.33. The molecule has 0 unspecified atom stereocenters. The zero-order chi connectivity index (χ0) is 19.8. The van der Waals surface area contributed by atoms with Crippen molar-refractivity contribution >= 4 is 43.0 Å². The quantitative estimate of drug-likeness (QED) is 0.680. The van der Waals surface area contributed by atoms with E-state index in [2.05, 4.69) is 10.3 Å². The minimum atomic E-state index is -3.43. The van der Waals surface area contributed by atoms with Crippen molar-refractivity contribution in [3.05, 3.63) is 53.3 Å². The SMILES string of the molecule is Cc1ccc(C(=O)Nc2ccc3nc(S(=O)(=O)CC(C)C)sc3c2)cc1F. The molecular formula is C19H19FN2O3S2. The summed E-state index contributed by atoms with van der Waals surface area (Å²) >= 11 is 1.08. The van der Waals surface area contributed by atoms with Crippen LogP contribution in [0.1, 0.15) is 29.8 Å². The second kappa shape index (κ2) is 7.36. The van der Waals surface area contributed by atoms with Gasteiger partial charge in [-0.3, -0.25) is 4.79 Å². The average molecular weight is 407 g/mol. The number of anilines is 1. The summed E-state index contributed by atoms with van der Waals surface area (Å²) in [6.45, 7) is 5.30. The summed E-state index contributed by atoms with van der Waals surface area (Å²) in [5.74, 6) is -0.840. The molecule has 2 aromatic carbocycles. The van der Waals surface area contributed by atoms with Gasteiger partial charge in [-0.2, -0.15) is 0 Å². The van der Waals surface area contributed by atoms with Gasteiger partial charge in [0, 0.05) is 11.3 Å². The van der Waals surface area contributed by atoms with Crippen molar-refractivity contribution in [1.82, 2.24) is 4.98 Å². The van der Waals surface area contributed by atoms with E-state index in [9.17, 15) is 17.6 Å². The van der Waals surface area contributed by atoms with Gasteiger partial charge in [0.15, 0.2) is 0 Å². The first-order valence-corrected chi connectivity index (χ1v) is 10.8. The van der Waals surface area contributed by atoms with Crippen LogP contribution in [-0.4, -0.2) is 25.1 Å². The Bertz CT molecular complexity index is 1120. The highest BCUT2D eigenvalue weighted by molar-refractivity contribution is 7.93. The molecule has 0 saturated heterocycles. The minimum Gasteiger partial charge on any atom is -0.322 e. The van der Waals surface area contributed by atoms with Crippen molar-refractivity contribution in [2.75, 3.05) is 11.1 Å². The van der Waals surface area contributed by atoms with Crippen LogP contribution in [0.4, 0.5) is 10.1 Å². The summed E-state index contributed by atoms with van der Waals surface area (Å²) in [6, 6.07) is 9.25. The fourth-order valence-electron chi connectivity index (χ4n) is 2.56. The number of rotatable bonds is 5. The summed E-state index contributed by atoms with van der Waals surface area (Å²) in [7, 11) is -3.43. The first-order chi connectivity index (χ1) is 12.7. The van der Waals surface area contributed by atoms with E-state index in [-0.39, 0.29) is 21.6 Å². The molecule has 0 bridgehead atoms. The molecule has 1 aromatic heterocycles. The van der Waals surface area contributed by atoms with Gasteiger partial charge in [-0.25, -0.2) is 17.8 Å². The second-order valence-electron chi connectivity index (χ2n) is 6.76. The molecule has 27 heavy (non-hydrogen) atoms. The Morgan fingerprint density at radius 2 is 1.96 bits per heavy atom. The van der Waals surface area contributed by atoms with Crippen LogP contribution < -0.4 is 5.32 Å². The molecule has 1 heterocycles. The molecule has 1 amide bonds. The van der Waals surface area contributed by atoms with Crippen LogP contribution in [0, 0.1) is 18.7 Å². The number of aromatic nitrogens is 1. The topological polar surface area (TPSA) is 76.1 Å². The van der Waals surface area contributed by atoms with E-state index in [1.165, 1.54) is 6.07 Å². The summed E-state index contributed by atoms with van der Waals surface area (Å²) in [5.41, 5.74) is 1.72. The number of aryl methyl sites for hydroxylation is 1. The van der Waals surface area contributed by atoms with Gasteiger partial charge in [-0.15, -0.1) is 11.3 Å². The van der Waals surface area contributed by atoms with Gasteiger partial charge in [-0.05, 0) is 48.7 Å². The molecule has 1 N–H and O–H groups in total. The number of nitrogens with zero attached hydrogens (tertiary/aromatic N) is 1. The van der Waals surface area contributed by atoms with Gasteiger partial charge >= 0.3 is 0 Å². The molecule has 0 aliphatic carbocycles. The van der Waals surface area contributed by atoms with E-state index >= 15 is 0 Å². The molecule has 0 atom stereocenters. The average Bonchev–Trinajstić information content (AvgIpc) is 3.00. The predicted molar refractivity (Wildman–Crippen MR) is 106 cm³/mol.